The number of carbonyl (C=O) groups is 1. The highest BCUT2D eigenvalue weighted by Crippen LogP contribution is 2.19. The van der Waals surface area contributed by atoms with Gasteiger partial charge in [0, 0.05) is 24.2 Å². The van der Waals surface area contributed by atoms with Crippen molar-refractivity contribution in [2.24, 2.45) is 0 Å². The van der Waals surface area contributed by atoms with Crippen molar-refractivity contribution in [1.82, 2.24) is 9.88 Å². The predicted octanol–water partition coefficient (Wildman–Crippen LogP) is 2.99. The molecule has 0 aliphatic rings. The molecule has 0 saturated heterocycles. The third-order valence-electron chi connectivity index (χ3n) is 3.78. The summed E-state index contributed by atoms with van der Waals surface area (Å²) in [4.78, 5) is 17.9. The van der Waals surface area contributed by atoms with E-state index in [-0.39, 0.29) is 25.3 Å². The van der Waals surface area contributed by atoms with Crippen LogP contribution in [-0.2, 0) is 16.1 Å². The smallest absolute Gasteiger partial charge is 0.321 e. The Morgan fingerprint density at radius 3 is 2.90 bits per heavy atom. The van der Waals surface area contributed by atoms with Crippen LogP contribution in [-0.4, -0.2) is 66.6 Å². The van der Waals surface area contributed by atoms with Crippen LogP contribution in [0.1, 0.15) is 19.5 Å². The number of amides is 2. The third-order valence-corrected chi connectivity index (χ3v) is 4.41. The molecule has 9 heteroatoms. The summed E-state index contributed by atoms with van der Waals surface area (Å²) in [6.45, 7) is 5.43. The van der Waals surface area contributed by atoms with Crippen LogP contribution in [0.4, 0.5) is 10.5 Å². The van der Waals surface area contributed by atoms with E-state index in [2.05, 4.69) is 10.3 Å². The van der Waals surface area contributed by atoms with Gasteiger partial charge in [0.1, 0.15) is 12.4 Å². The molecule has 0 radical (unpaired) electrons. The number of nitrogens with one attached hydrogen (secondary N) is 1. The van der Waals surface area contributed by atoms with E-state index in [9.17, 15) is 9.90 Å². The van der Waals surface area contributed by atoms with Crippen LogP contribution in [0.25, 0.3) is 0 Å². The first kappa shape index (κ1) is 23.1. The molecule has 1 aromatic carbocycles. The summed E-state index contributed by atoms with van der Waals surface area (Å²) in [5.74, 6) is 0.635. The lowest BCUT2D eigenvalue weighted by atomic mass is 10.3. The highest BCUT2D eigenvalue weighted by atomic mass is 32.1. The summed E-state index contributed by atoms with van der Waals surface area (Å²) in [5.41, 5.74) is 3.22. The minimum absolute atomic E-state index is 0.138. The largest absolute Gasteiger partial charge is 0.487 e. The highest BCUT2D eigenvalue weighted by molar-refractivity contribution is 7.07. The first-order valence-corrected chi connectivity index (χ1v) is 10.4. The molecule has 0 aliphatic heterocycles. The Kier molecular flexibility index (Phi) is 9.85. The molecule has 2 amide bonds. The maximum Gasteiger partial charge on any atom is 0.321 e. The number of likely N-dealkylation sites (N-methyl/N-ethyl adjacent to an activating group) is 1. The predicted molar refractivity (Wildman–Crippen MR) is 112 cm³/mol. The van der Waals surface area contributed by atoms with Crippen molar-refractivity contribution in [2.75, 3.05) is 38.7 Å². The van der Waals surface area contributed by atoms with Gasteiger partial charge in [0.25, 0.3) is 0 Å². The van der Waals surface area contributed by atoms with Gasteiger partial charge in [-0.25, -0.2) is 9.78 Å². The molecule has 0 saturated carbocycles. The Morgan fingerprint density at radius 2 is 2.17 bits per heavy atom. The van der Waals surface area contributed by atoms with E-state index in [0.717, 1.165) is 5.69 Å². The Hall–Kier alpha value is -2.20. The standard InChI is InChI=1S/C20H29N3O5S/c1-15(2)27-8-7-26-12-18(24)10-23(3)20(25)22-16-5-4-6-19(9-16)28-11-17-13-29-14-21-17/h4-6,9,13-15,18,24H,7-8,10-12H2,1-3H3,(H,22,25). The number of carbonyl (C=O) groups excluding carboxylic acids is 1. The van der Waals surface area contributed by atoms with E-state index in [0.29, 0.717) is 31.3 Å². The molecule has 1 aromatic heterocycles. The number of rotatable bonds is 12. The number of hydrogen-bond acceptors (Lipinski definition) is 7. The minimum atomic E-state index is -0.780. The normalized spacial score (nSPS) is 12.0. The summed E-state index contributed by atoms with van der Waals surface area (Å²) in [6, 6.07) is 6.80. The summed E-state index contributed by atoms with van der Waals surface area (Å²) < 4.78 is 16.4. The molecule has 29 heavy (non-hydrogen) atoms. The van der Waals surface area contributed by atoms with E-state index in [1.54, 1.807) is 30.8 Å². The van der Waals surface area contributed by atoms with E-state index in [1.807, 2.05) is 25.3 Å². The van der Waals surface area contributed by atoms with E-state index >= 15 is 0 Å². The lowest BCUT2D eigenvalue weighted by molar-refractivity contribution is -0.0144. The van der Waals surface area contributed by atoms with Gasteiger partial charge < -0.3 is 29.5 Å². The molecule has 1 atom stereocenters. The number of urea groups is 1. The van der Waals surface area contributed by atoms with Gasteiger partial charge in [0.05, 0.1) is 49.8 Å². The number of thiazole rings is 1. The number of ether oxygens (including phenoxy) is 3. The number of aliphatic hydroxyl groups excluding tert-OH is 1. The second-order valence-electron chi connectivity index (χ2n) is 6.76. The molecular formula is C20H29N3O5S. The van der Waals surface area contributed by atoms with Gasteiger partial charge in [-0.3, -0.25) is 0 Å². The van der Waals surface area contributed by atoms with Crippen molar-refractivity contribution in [1.29, 1.82) is 0 Å². The molecule has 8 nitrogen and oxygen atoms in total. The van der Waals surface area contributed by atoms with E-state index < -0.39 is 6.10 Å². The number of nitrogens with zero attached hydrogens (tertiary/aromatic N) is 2. The number of aromatic nitrogens is 1. The number of hydrogen-bond donors (Lipinski definition) is 2. The van der Waals surface area contributed by atoms with Crippen molar-refractivity contribution in [3.8, 4) is 5.75 Å². The SMILES string of the molecule is CC(C)OCCOCC(O)CN(C)C(=O)Nc1cccc(OCc2cscn2)c1. The Bertz CT molecular complexity index is 727. The highest BCUT2D eigenvalue weighted by Gasteiger charge is 2.14. The van der Waals surface area contributed by atoms with Crippen molar-refractivity contribution in [2.45, 2.75) is 32.7 Å². The molecule has 0 bridgehead atoms. The van der Waals surface area contributed by atoms with Crippen LogP contribution in [0, 0.1) is 0 Å². The zero-order valence-corrected chi connectivity index (χ0v) is 17.9. The fourth-order valence-corrected chi connectivity index (χ4v) is 2.91. The number of benzene rings is 1. The maximum atomic E-state index is 12.3. The summed E-state index contributed by atoms with van der Waals surface area (Å²) in [7, 11) is 1.61. The Labute approximate surface area is 175 Å². The van der Waals surface area contributed by atoms with Crippen LogP contribution in [0.5, 0.6) is 5.75 Å². The van der Waals surface area contributed by atoms with Crippen molar-refractivity contribution < 1.29 is 24.1 Å². The molecular weight excluding hydrogens is 394 g/mol. The van der Waals surface area contributed by atoms with Gasteiger partial charge in [0.15, 0.2) is 0 Å². The Balaban J connectivity index is 1.72. The fraction of sp³-hybridized carbons (Fsp3) is 0.500. The number of aliphatic hydroxyl groups is 1. The van der Waals surface area contributed by atoms with Crippen LogP contribution >= 0.6 is 11.3 Å². The zero-order valence-electron chi connectivity index (χ0n) is 17.0. The molecule has 0 fully saturated rings. The lowest BCUT2D eigenvalue weighted by Gasteiger charge is -2.21. The van der Waals surface area contributed by atoms with Crippen molar-refractivity contribution >= 4 is 23.1 Å². The molecule has 1 unspecified atom stereocenters. The Morgan fingerprint density at radius 1 is 1.34 bits per heavy atom. The topological polar surface area (TPSA) is 93.2 Å². The van der Waals surface area contributed by atoms with E-state index in [4.69, 9.17) is 14.2 Å². The first-order valence-electron chi connectivity index (χ1n) is 9.43. The number of anilines is 1. The quantitative estimate of drug-likeness (QED) is 0.510. The lowest BCUT2D eigenvalue weighted by Crippen LogP contribution is -2.39. The summed E-state index contributed by atoms with van der Waals surface area (Å²) in [6.07, 6.45) is -0.632. The second kappa shape index (κ2) is 12.4. The first-order chi connectivity index (χ1) is 13.9. The van der Waals surface area contributed by atoms with Crippen LogP contribution in [0.2, 0.25) is 0 Å². The molecule has 2 N–H and O–H groups in total. The summed E-state index contributed by atoms with van der Waals surface area (Å²) in [5, 5.41) is 14.7. The minimum Gasteiger partial charge on any atom is -0.487 e. The molecule has 0 spiro atoms. The van der Waals surface area contributed by atoms with E-state index in [1.165, 1.54) is 16.2 Å². The van der Waals surface area contributed by atoms with Gasteiger partial charge in [-0.2, -0.15) is 0 Å². The van der Waals surface area contributed by atoms with Crippen molar-refractivity contribution in [3.63, 3.8) is 0 Å². The second-order valence-corrected chi connectivity index (χ2v) is 7.47. The van der Waals surface area contributed by atoms with Gasteiger partial charge in [-0.1, -0.05) is 6.07 Å². The fourth-order valence-electron chi connectivity index (χ4n) is 2.36. The van der Waals surface area contributed by atoms with Gasteiger partial charge in [0.2, 0.25) is 0 Å². The molecule has 2 aromatic rings. The van der Waals surface area contributed by atoms with Gasteiger partial charge >= 0.3 is 6.03 Å². The van der Waals surface area contributed by atoms with Gasteiger partial charge in [-0.05, 0) is 26.0 Å². The average Bonchev–Trinajstić information content (AvgIpc) is 3.19. The average molecular weight is 424 g/mol. The molecule has 0 aliphatic carbocycles. The molecule has 160 valence electrons. The monoisotopic (exact) mass is 423 g/mol. The summed E-state index contributed by atoms with van der Waals surface area (Å²) >= 11 is 1.51. The molecule has 1 heterocycles. The maximum absolute atomic E-state index is 12.3. The molecule has 2 rings (SSSR count). The van der Waals surface area contributed by atoms with Gasteiger partial charge in [-0.15, -0.1) is 11.3 Å². The third kappa shape index (κ3) is 9.23. The van der Waals surface area contributed by atoms with Crippen LogP contribution < -0.4 is 10.1 Å². The zero-order chi connectivity index (χ0) is 21.1. The van der Waals surface area contributed by atoms with Crippen LogP contribution in [0.3, 0.4) is 0 Å². The van der Waals surface area contributed by atoms with Crippen molar-refractivity contribution in [3.05, 3.63) is 40.8 Å². The van der Waals surface area contributed by atoms with Crippen LogP contribution in [0.15, 0.2) is 35.2 Å².